The van der Waals surface area contributed by atoms with Crippen LogP contribution < -0.4 is 32.3 Å². The molecule has 0 rings (SSSR count). The van der Waals surface area contributed by atoms with Crippen LogP contribution in [0.3, 0.4) is 0 Å². The lowest BCUT2D eigenvalue weighted by Crippen LogP contribution is -2.61. The molecule has 18 heteroatoms. The van der Waals surface area contributed by atoms with E-state index in [-0.39, 0.29) is 31.6 Å². The Labute approximate surface area is 253 Å². The zero-order valence-corrected chi connectivity index (χ0v) is 25.3. The highest BCUT2D eigenvalue weighted by Gasteiger charge is 2.34. The summed E-state index contributed by atoms with van der Waals surface area (Å²) in [6, 6.07) is -7.15. The third kappa shape index (κ3) is 15.9. The van der Waals surface area contributed by atoms with Gasteiger partial charge in [-0.25, -0.2) is 0 Å². The first kappa shape index (κ1) is 39.2. The molecule has 6 amide bonds. The van der Waals surface area contributed by atoms with Gasteiger partial charge in [0.15, 0.2) is 0 Å². The summed E-state index contributed by atoms with van der Waals surface area (Å²) in [7, 11) is 0. The Morgan fingerprint density at radius 3 is 1.65 bits per heavy atom. The van der Waals surface area contributed by atoms with E-state index in [0.29, 0.717) is 0 Å². The molecule has 0 aromatic rings. The van der Waals surface area contributed by atoms with Gasteiger partial charge in [-0.3, -0.25) is 38.4 Å². The average Bonchev–Trinajstić information content (AvgIpc) is 2.88. The van der Waals surface area contributed by atoms with Gasteiger partial charge in [0.1, 0.15) is 24.2 Å². The number of thiol groups is 1. The van der Waals surface area contributed by atoms with Crippen LogP contribution >= 0.6 is 12.6 Å². The molecule has 244 valence electrons. The third-order valence-electron chi connectivity index (χ3n) is 5.85. The number of nitrogens with one attached hydrogen (secondary N) is 5. The van der Waals surface area contributed by atoms with Crippen molar-refractivity contribution in [2.24, 2.45) is 11.7 Å². The van der Waals surface area contributed by atoms with Crippen molar-refractivity contribution in [2.75, 3.05) is 6.61 Å². The van der Waals surface area contributed by atoms with Gasteiger partial charge >= 0.3 is 5.97 Å². The fourth-order valence-electron chi connectivity index (χ4n) is 3.69. The van der Waals surface area contributed by atoms with E-state index < -0.39 is 95.9 Å². The first-order chi connectivity index (χ1) is 19.9. The van der Waals surface area contributed by atoms with Crippen LogP contribution in [0, 0.1) is 5.92 Å². The molecule has 0 fully saturated rings. The van der Waals surface area contributed by atoms with Crippen molar-refractivity contribution in [2.45, 2.75) is 96.1 Å². The van der Waals surface area contributed by atoms with Gasteiger partial charge in [-0.15, -0.1) is 12.6 Å². The number of rotatable bonds is 20. The summed E-state index contributed by atoms with van der Waals surface area (Å²) < 4.78 is 0. The van der Waals surface area contributed by atoms with Crippen LogP contribution in [-0.2, 0) is 38.4 Å². The number of hydrogen-bond acceptors (Lipinski definition) is 10. The molecule has 0 saturated carbocycles. The SMILES string of the molecule is CC(=O)N[C@@H](CCC(=O)O)C(=O)N[C@@H](CO)C(=O)N[C@H](C(=O)N[C@@H](CC(C)C)C(=O)N[C@@H](CCC(N)=O)C(=O)S)[C@@H](C)O. The van der Waals surface area contributed by atoms with Crippen LogP contribution in [0.15, 0.2) is 0 Å². The molecule has 0 radical (unpaired) electrons. The minimum absolute atomic E-state index is 0.0670. The molecule has 0 aromatic carbocycles. The van der Waals surface area contributed by atoms with Gasteiger partial charge in [-0.1, -0.05) is 13.8 Å². The second-order valence-corrected chi connectivity index (χ2v) is 10.7. The minimum Gasteiger partial charge on any atom is -0.481 e. The average molecular weight is 635 g/mol. The molecule has 0 unspecified atom stereocenters. The van der Waals surface area contributed by atoms with Crippen molar-refractivity contribution in [1.29, 1.82) is 0 Å². The molecule has 0 heterocycles. The maximum absolute atomic E-state index is 13.1. The van der Waals surface area contributed by atoms with Crippen molar-refractivity contribution in [3.05, 3.63) is 0 Å². The molecule has 6 atom stereocenters. The van der Waals surface area contributed by atoms with E-state index in [1.807, 2.05) is 0 Å². The Bertz CT molecular complexity index is 1040. The number of aliphatic carboxylic acids is 1. The fourth-order valence-corrected chi connectivity index (χ4v) is 3.88. The normalized spacial score (nSPS) is 15.1. The molecule has 17 nitrogen and oxygen atoms in total. The van der Waals surface area contributed by atoms with E-state index in [9.17, 15) is 48.6 Å². The molecular formula is C25H42N6O11S. The number of carbonyl (C=O) groups excluding carboxylic acids is 7. The van der Waals surface area contributed by atoms with Gasteiger partial charge < -0.3 is 47.6 Å². The Morgan fingerprint density at radius 1 is 0.721 bits per heavy atom. The minimum atomic E-state index is -1.68. The lowest BCUT2D eigenvalue weighted by molar-refractivity contribution is -0.138. The van der Waals surface area contributed by atoms with Gasteiger partial charge in [0.05, 0.1) is 18.8 Å². The van der Waals surface area contributed by atoms with Crippen LogP contribution in [-0.4, -0.2) is 105 Å². The van der Waals surface area contributed by atoms with Crippen molar-refractivity contribution in [3.63, 3.8) is 0 Å². The topological polar surface area (TPSA) is 283 Å². The monoisotopic (exact) mass is 634 g/mol. The van der Waals surface area contributed by atoms with E-state index in [0.717, 1.165) is 13.8 Å². The van der Waals surface area contributed by atoms with Crippen LogP contribution in [0.25, 0.3) is 0 Å². The number of hydrogen-bond donors (Lipinski definition) is 10. The highest BCUT2D eigenvalue weighted by Crippen LogP contribution is 2.09. The lowest BCUT2D eigenvalue weighted by atomic mass is 10.0. The Hall–Kier alpha value is -3.77. The van der Waals surface area contributed by atoms with E-state index in [2.05, 4.69) is 39.2 Å². The van der Waals surface area contributed by atoms with Crippen molar-refractivity contribution >= 4 is 59.2 Å². The maximum Gasteiger partial charge on any atom is 0.303 e. The van der Waals surface area contributed by atoms with E-state index >= 15 is 0 Å². The predicted molar refractivity (Wildman–Crippen MR) is 153 cm³/mol. The van der Waals surface area contributed by atoms with Gasteiger partial charge in [0.25, 0.3) is 0 Å². The van der Waals surface area contributed by atoms with Crippen LogP contribution in [0.2, 0.25) is 0 Å². The number of carboxylic acid groups (broad SMARTS) is 1. The number of aliphatic hydroxyl groups excluding tert-OH is 2. The Kier molecular flexibility index (Phi) is 17.7. The summed E-state index contributed by atoms with van der Waals surface area (Å²) in [6.07, 6.45) is -2.63. The van der Waals surface area contributed by atoms with Crippen LogP contribution in [0.5, 0.6) is 0 Å². The molecule has 0 spiro atoms. The molecule has 0 aromatic heterocycles. The molecule has 43 heavy (non-hydrogen) atoms. The number of nitrogens with two attached hydrogens (primary N) is 1. The van der Waals surface area contributed by atoms with Gasteiger partial charge in [0.2, 0.25) is 40.6 Å². The summed E-state index contributed by atoms with van der Waals surface area (Å²) in [5.41, 5.74) is 5.10. The first-order valence-corrected chi connectivity index (χ1v) is 13.8. The van der Waals surface area contributed by atoms with E-state index in [1.165, 1.54) is 0 Å². The van der Waals surface area contributed by atoms with Crippen LogP contribution in [0.1, 0.15) is 59.8 Å². The summed E-state index contributed by atoms with van der Waals surface area (Å²) in [5.74, 6) is -6.68. The zero-order valence-electron chi connectivity index (χ0n) is 24.4. The quantitative estimate of drug-likeness (QED) is 0.0585. The van der Waals surface area contributed by atoms with Crippen molar-refractivity contribution in [1.82, 2.24) is 26.6 Å². The number of aliphatic hydroxyl groups is 2. The number of amides is 6. The molecule has 0 aliphatic carbocycles. The summed E-state index contributed by atoms with van der Waals surface area (Å²) in [6.45, 7) is 4.77. The van der Waals surface area contributed by atoms with Gasteiger partial charge in [-0.05, 0) is 32.1 Å². The molecule has 10 N–H and O–H groups in total. The standard InChI is InChI=1S/C25H42N6O11S/c1-11(2)9-16(22(39)28-15(25(42)43)5-7-18(26)35)29-24(41)20(12(3)33)31-23(40)17(10-32)30-21(38)14(27-13(4)34)6-8-19(36)37/h11-12,14-17,20,32-33H,5-10H2,1-4H3,(H2,26,35)(H,27,34)(H,28,39)(H,29,41)(H,30,38)(H,31,40)(H,36,37)(H,42,43)/t12-,14+,15+,16+,17+,20+/m1/s1. The second kappa shape index (κ2) is 19.4. The number of carbonyl (C=O) groups is 8. The zero-order chi connectivity index (χ0) is 33.4. The van der Waals surface area contributed by atoms with Gasteiger partial charge in [0, 0.05) is 19.8 Å². The highest BCUT2D eigenvalue weighted by molar-refractivity contribution is 7.96. The van der Waals surface area contributed by atoms with E-state index in [1.54, 1.807) is 13.8 Å². The molecule has 0 aliphatic rings. The Morgan fingerprint density at radius 2 is 1.21 bits per heavy atom. The largest absolute Gasteiger partial charge is 0.481 e. The summed E-state index contributed by atoms with van der Waals surface area (Å²) >= 11 is 3.71. The fraction of sp³-hybridized carbons (Fsp3) is 0.680. The Balaban J connectivity index is 5.72. The molecule has 0 aliphatic heterocycles. The smallest absolute Gasteiger partial charge is 0.303 e. The predicted octanol–water partition coefficient (Wildman–Crippen LogP) is -3.56. The summed E-state index contributed by atoms with van der Waals surface area (Å²) in [5, 5.41) is 39.4. The van der Waals surface area contributed by atoms with Crippen molar-refractivity contribution < 1.29 is 53.7 Å². The summed E-state index contributed by atoms with van der Waals surface area (Å²) in [4.78, 5) is 96.8. The number of carboxylic acids is 1. The third-order valence-corrected chi connectivity index (χ3v) is 6.16. The highest BCUT2D eigenvalue weighted by atomic mass is 32.1. The molecular weight excluding hydrogens is 592 g/mol. The van der Waals surface area contributed by atoms with E-state index in [4.69, 9.17) is 10.8 Å². The number of primary amides is 1. The first-order valence-electron chi connectivity index (χ1n) is 13.4. The lowest BCUT2D eigenvalue weighted by Gasteiger charge is -2.28. The second-order valence-electron chi connectivity index (χ2n) is 10.3. The molecule has 0 saturated heterocycles. The maximum atomic E-state index is 13.1. The van der Waals surface area contributed by atoms with Gasteiger partial charge in [-0.2, -0.15) is 0 Å². The molecule has 0 bridgehead atoms. The van der Waals surface area contributed by atoms with Crippen molar-refractivity contribution in [3.8, 4) is 0 Å². The van der Waals surface area contributed by atoms with Crippen LogP contribution in [0.4, 0.5) is 0 Å².